The number of carbonyl (C=O) groups excluding carboxylic acids is 4. The maximum atomic E-state index is 13.4. The van der Waals surface area contributed by atoms with Gasteiger partial charge >= 0.3 is 5.97 Å². The smallest absolute Gasteiger partial charge is 0.364 e. The molecule has 0 bridgehead atoms. The lowest BCUT2D eigenvalue weighted by Crippen LogP contribution is -2.71. The van der Waals surface area contributed by atoms with E-state index in [9.17, 15) is 141 Å². The van der Waals surface area contributed by atoms with Crippen molar-refractivity contribution in [2.75, 3.05) is 46.2 Å². The van der Waals surface area contributed by atoms with Crippen LogP contribution in [0.1, 0.15) is 41.0 Å². The highest BCUT2D eigenvalue weighted by Gasteiger charge is 2.63. The molecular formula is C59H98N4O43. The van der Waals surface area contributed by atoms with Gasteiger partial charge in [-0.2, -0.15) is 0 Å². The Kier molecular flexibility index (Phi) is 30.9. The number of carboxylic acid groups (broad SMARTS) is 1. The molecule has 0 aromatic carbocycles. The van der Waals surface area contributed by atoms with Crippen LogP contribution in [0, 0.1) is 0 Å². The maximum Gasteiger partial charge on any atom is 0.364 e. The molecule has 4 amide bonds. The first kappa shape index (κ1) is 87.4. The van der Waals surface area contributed by atoms with Crippen LogP contribution in [0.4, 0.5) is 0 Å². The molecule has 0 aromatic heterocycles. The van der Waals surface area contributed by atoms with Gasteiger partial charge in [-0.1, -0.05) is 0 Å². The third kappa shape index (κ3) is 19.1. The van der Waals surface area contributed by atoms with Crippen LogP contribution in [0.25, 0.3) is 0 Å². The molecule has 1 unspecified atom stereocenters. The topological polar surface area (TPSA) is 737 Å². The van der Waals surface area contributed by atoms with Gasteiger partial charge < -0.3 is 210 Å². The third-order valence-corrected chi connectivity index (χ3v) is 19.2. The molecule has 0 radical (unpaired) electrons. The fraction of sp³-hybridized carbons (Fsp3) is 0.915. The molecule has 8 saturated heterocycles. The van der Waals surface area contributed by atoms with Crippen LogP contribution in [0.15, 0.2) is 0 Å². The van der Waals surface area contributed by atoms with Crippen LogP contribution in [0.2, 0.25) is 0 Å². The predicted molar refractivity (Wildman–Crippen MR) is 327 cm³/mol. The van der Waals surface area contributed by atoms with Crippen molar-refractivity contribution < 1.29 is 212 Å². The number of ether oxygens (including phenoxy) is 15. The Morgan fingerprint density at radius 3 is 1.36 bits per heavy atom. The minimum Gasteiger partial charge on any atom is -0.477 e. The van der Waals surface area contributed by atoms with Crippen molar-refractivity contribution in [3.63, 3.8) is 0 Å². The van der Waals surface area contributed by atoms with Crippen LogP contribution >= 0.6 is 0 Å². The lowest BCUT2D eigenvalue weighted by molar-refractivity contribution is -0.389. The monoisotopic (exact) mass is 1550 g/mol. The Labute approximate surface area is 600 Å². The number of aliphatic carboxylic acids is 1. The van der Waals surface area contributed by atoms with Gasteiger partial charge in [0.2, 0.25) is 23.6 Å². The van der Waals surface area contributed by atoms with Gasteiger partial charge in [0.05, 0.1) is 64.5 Å². The third-order valence-electron chi connectivity index (χ3n) is 19.2. The van der Waals surface area contributed by atoms with E-state index < -0.39 is 333 Å². The highest BCUT2D eigenvalue weighted by Crippen LogP contribution is 2.41. The summed E-state index contributed by atoms with van der Waals surface area (Å²) in [5, 5.41) is 262. The van der Waals surface area contributed by atoms with Crippen molar-refractivity contribution in [1.29, 1.82) is 0 Å². The molecule has 0 aromatic rings. The number of carbonyl (C=O) groups is 5. The second-order valence-electron chi connectivity index (χ2n) is 26.8. The largest absolute Gasteiger partial charge is 0.477 e. The van der Waals surface area contributed by atoms with E-state index in [2.05, 4.69) is 21.3 Å². The van der Waals surface area contributed by atoms with Crippen LogP contribution in [-0.4, -0.2) is 444 Å². The van der Waals surface area contributed by atoms with E-state index >= 15 is 0 Å². The van der Waals surface area contributed by atoms with Gasteiger partial charge in [-0.15, -0.1) is 0 Å². The van der Waals surface area contributed by atoms with E-state index in [1.54, 1.807) is 0 Å². The first-order valence-corrected chi connectivity index (χ1v) is 33.6. The van der Waals surface area contributed by atoms with E-state index in [1.807, 2.05) is 0 Å². The van der Waals surface area contributed by atoms with Crippen LogP contribution in [0.3, 0.4) is 0 Å². The quantitative estimate of drug-likeness (QED) is 0.0346. The van der Waals surface area contributed by atoms with Crippen molar-refractivity contribution in [2.45, 2.75) is 292 Å². The Bertz CT molecular complexity index is 2850. The summed E-state index contributed by atoms with van der Waals surface area (Å²) in [7, 11) is 0. The minimum atomic E-state index is -3.27. The Morgan fingerprint density at radius 2 is 0.821 bits per heavy atom. The van der Waals surface area contributed by atoms with Crippen molar-refractivity contribution in [3.05, 3.63) is 0 Å². The van der Waals surface area contributed by atoms with Gasteiger partial charge in [0, 0.05) is 34.1 Å². The maximum absolute atomic E-state index is 13.4. The highest BCUT2D eigenvalue weighted by atomic mass is 16.8. The van der Waals surface area contributed by atoms with Gasteiger partial charge in [-0.3, -0.25) is 19.2 Å². The summed E-state index contributed by atoms with van der Waals surface area (Å²) < 4.78 is 88.4. The van der Waals surface area contributed by atoms with E-state index in [-0.39, 0.29) is 0 Å². The van der Waals surface area contributed by atoms with Crippen LogP contribution < -0.4 is 21.3 Å². The molecule has 8 aliphatic heterocycles. The molecule has 8 heterocycles. The molecule has 8 aliphatic rings. The number of aliphatic hydroxyl groups excluding tert-OH is 22. The molecule has 41 atom stereocenters. The summed E-state index contributed by atoms with van der Waals surface area (Å²) >= 11 is 0. The molecule has 8 fully saturated rings. The SMILES string of the molecule is CC(=O)N[C@H]1[C@H](O[C@H]2[C@@H](O)[C@@H](CO)O[C@@H](O[C@H]3[C@H](O[C@@H]4O[C@@H](C)[C@@H](O)[C@@H](O)[C@@H]4O)[C@@H](NC(C)=O)[C@H](OC[C@H]4OC(O)[C@H](NC(C)=O)[C@@H](O[C@@H]5O[C@H](CO)[C@H](O)[C@H](O[C@]6(C(=O)O)C[C@H](O)[C@@H](NC(C)=O)[C@H]([C@H](O)[C@H](O)CO)O6)[C@H]5O)[C@H]4O)O[C@@H]3CO)[C@@H]2O)O[C@H](CO)[C@@H](O[C@@H]2O[C@H](CO)[C@H](O)[C@H](O)[C@H]2O)[C@@H]1O. The number of nitrogens with one attached hydrogen (secondary N) is 4. The summed E-state index contributed by atoms with van der Waals surface area (Å²) in [5.41, 5.74) is 0. The van der Waals surface area contributed by atoms with Gasteiger partial charge in [0.25, 0.3) is 5.79 Å². The molecule has 0 saturated carbocycles. The average molecular weight is 1550 g/mol. The standard InChI is InChI=1S/C59H98N4O43/c1-14-31(76)38(83)40(85)54(93-14)103-48-30(63-18(5)73)52(98-25(12-69)45(48)101-56-42(87)49(34(79)22(9-66)96-56)104-53-28(61-16(3)71)37(82)44(24(11-68)99-53)100-55-41(86)39(84)33(78)21(8-65)95-55)92-13-26-36(81)46(29(51(89)94-26)62-17(4)72)102-57-43(88)50(35(80)23(10-67)97-57)106-59(58(90)91)6-19(74)27(60-15(2)70)47(105-59)32(77)20(75)7-64/h14,19-57,64-69,74-89H,6-13H2,1-5H3,(H,60,70)(H,61,71)(H,62,72)(H,63,73)(H,90,91)/t14-,19-,20+,21+,22+,23+,24+,25+,26+,27+,28+,29+,30+,31+,32+,33-,34-,35-,36-,37+,38+,39-,40-,41+,42+,43+,44+,45+,46+,47+,48+,49-,50-,51?,52+,53-,54-,55-,56-,57-,59-/m0/s1. The molecule has 106 heavy (non-hydrogen) atoms. The molecule has 47 heteroatoms. The zero-order valence-corrected chi connectivity index (χ0v) is 57.2. The lowest BCUT2D eigenvalue weighted by Gasteiger charge is -2.51. The van der Waals surface area contributed by atoms with Crippen LogP contribution in [0.5, 0.6) is 0 Å². The van der Waals surface area contributed by atoms with E-state index in [0.29, 0.717) is 0 Å². The lowest BCUT2D eigenvalue weighted by atomic mass is 9.88. The second-order valence-corrected chi connectivity index (χ2v) is 26.8. The van der Waals surface area contributed by atoms with Crippen molar-refractivity contribution >= 4 is 29.6 Å². The second kappa shape index (κ2) is 37.5. The number of hydrogen-bond donors (Lipinski definition) is 27. The summed E-state index contributed by atoms with van der Waals surface area (Å²) in [4.78, 5) is 64.3. The minimum absolute atomic E-state index is 0.861. The Hall–Kier alpha value is -4.13. The van der Waals surface area contributed by atoms with E-state index in [1.165, 1.54) is 6.92 Å². The van der Waals surface area contributed by atoms with Crippen molar-refractivity contribution in [3.8, 4) is 0 Å². The average Bonchev–Trinajstić information content (AvgIpc) is 0.771. The fourth-order valence-electron chi connectivity index (χ4n) is 13.6. The summed E-state index contributed by atoms with van der Waals surface area (Å²) in [6.45, 7) is -2.72. The highest BCUT2D eigenvalue weighted by molar-refractivity contribution is 5.77. The predicted octanol–water partition coefficient (Wildman–Crippen LogP) is -17.6. The Morgan fingerprint density at radius 1 is 0.406 bits per heavy atom. The van der Waals surface area contributed by atoms with Crippen molar-refractivity contribution in [1.82, 2.24) is 21.3 Å². The normalized spacial score (nSPS) is 47.2. The van der Waals surface area contributed by atoms with E-state index in [4.69, 9.17) is 71.1 Å². The number of hydrogen-bond acceptors (Lipinski definition) is 42. The van der Waals surface area contributed by atoms with Gasteiger partial charge in [0.1, 0.15) is 183 Å². The summed E-state index contributed by atoms with van der Waals surface area (Å²) in [5.74, 6) is -9.07. The number of aliphatic hydroxyl groups is 22. The van der Waals surface area contributed by atoms with Gasteiger partial charge in [0.15, 0.2) is 44.0 Å². The fourth-order valence-corrected chi connectivity index (χ4v) is 13.6. The number of amides is 4. The molecule has 612 valence electrons. The molecular weight excluding hydrogens is 1450 g/mol. The van der Waals surface area contributed by atoms with Crippen molar-refractivity contribution in [2.24, 2.45) is 0 Å². The molecule has 27 N–H and O–H groups in total. The summed E-state index contributed by atoms with van der Waals surface area (Å²) in [6.07, 6.45) is -75.5. The molecule has 0 spiro atoms. The summed E-state index contributed by atoms with van der Waals surface area (Å²) in [6, 6.07) is -7.41. The van der Waals surface area contributed by atoms with E-state index in [0.717, 1.165) is 27.7 Å². The zero-order chi connectivity index (χ0) is 78.6. The number of carboxylic acids is 1. The molecule has 47 nitrogen and oxygen atoms in total. The molecule has 0 aliphatic carbocycles. The first-order chi connectivity index (χ1) is 49.9. The van der Waals surface area contributed by atoms with Crippen LogP contribution in [-0.2, 0) is 95.0 Å². The first-order valence-electron chi connectivity index (χ1n) is 33.6. The zero-order valence-electron chi connectivity index (χ0n) is 57.2. The molecule has 8 rings (SSSR count). The van der Waals surface area contributed by atoms with Gasteiger partial charge in [-0.25, -0.2) is 4.79 Å². The number of rotatable bonds is 28. The van der Waals surface area contributed by atoms with Gasteiger partial charge in [-0.05, 0) is 6.92 Å². The Balaban J connectivity index is 1.07.